The van der Waals surface area contributed by atoms with Crippen molar-refractivity contribution in [1.29, 1.82) is 0 Å². The highest BCUT2D eigenvalue weighted by Crippen LogP contribution is 2.38. The third-order valence-corrected chi connectivity index (χ3v) is 4.30. The van der Waals surface area contributed by atoms with Crippen LogP contribution in [0.25, 0.3) is 0 Å². The fourth-order valence-electron chi connectivity index (χ4n) is 2.14. The summed E-state index contributed by atoms with van der Waals surface area (Å²) in [7, 11) is 4.36. The summed E-state index contributed by atoms with van der Waals surface area (Å²) in [5.74, 6) is 0.0312. The van der Waals surface area contributed by atoms with E-state index in [0.29, 0.717) is 22.1 Å². The summed E-state index contributed by atoms with van der Waals surface area (Å²) in [5, 5.41) is 1.79. The first-order valence-corrected chi connectivity index (χ1v) is 8.45. The molecular formula is C18H19NO6S. The lowest BCUT2D eigenvalue weighted by atomic mass is 10.2. The lowest BCUT2D eigenvalue weighted by Crippen LogP contribution is -2.24. The van der Waals surface area contributed by atoms with E-state index in [1.807, 2.05) is 0 Å². The second-order valence-electron chi connectivity index (χ2n) is 4.91. The van der Waals surface area contributed by atoms with Crippen molar-refractivity contribution in [1.82, 2.24) is 5.48 Å². The molecule has 0 bridgehead atoms. The molecule has 2 aromatic rings. The molecule has 1 heterocycles. The molecule has 7 nitrogen and oxygen atoms in total. The van der Waals surface area contributed by atoms with Crippen LogP contribution in [0.2, 0.25) is 0 Å². The third kappa shape index (κ3) is 4.15. The molecule has 0 radical (unpaired) electrons. The molecule has 2 rings (SSSR count). The van der Waals surface area contributed by atoms with E-state index in [9.17, 15) is 9.59 Å². The van der Waals surface area contributed by atoms with Crippen LogP contribution in [-0.4, -0.2) is 33.1 Å². The van der Waals surface area contributed by atoms with Gasteiger partial charge in [0.1, 0.15) is 5.70 Å². The van der Waals surface area contributed by atoms with Crippen molar-refractivity contribution < 1.29 is 28.6 Å². The Balaban J connectivity index is 2.15. The number of benzene rings is 1. The summed E-state index contributed by atoms with van der Waals surface area (Å²) in [4.78, 5) is 30.2. The van der Waals surface area contributed by atoms with Crippen molar-refractivity contribution in [2.75, 3.05) is 21.3 Å². The van der Waals surface area contributed by atoms with E-state index in [-0.39, 0.29) is 17.0 Å². The highest BCUT2D eigenvalue weighted by Gasteiger charge is 2.19. The summed E-state index contributed by atoms with van der Waals surface area (Å²) >= 11 is 1.30. The minimum absolute atomic E-state index is 0.160. The molecule has 0 unspecified atom stereocenters. The van der Waals surface area contributed by atoms with Crippen LogP contribution in [0.1, 0.15) is 27.0 Å². The number of ketones is 1. The molecule has 0 aliphatic rings. The zero-order valence-corrected chi connectivity index (χ0v) is 15.6. The molecule has 0 spiro atoms. The van der Waals surface area contributed by atoms with Crippen molar-refractivity contribution in [3.05, 3.63) is 51.9 Å². The molecule has 0 atom stereocenters. The molecule has 1 aromatic carbocycles. The fourth-order valence-corrected chi connectivity index (χ4v) is 2.81. The molecule has 0 saturated carbocycles. The Morgan fingerprint density at radius 1 is 1.08 bits per heavy atom. The van der Waals surface area contributed by atoms with E-state index < -0.39 is 5.97 Å². The Morgan fingerprint density at radius 3 is 2.19 bits per heavy atom. The summed E-state index contributed by atoms with van der Waals surface area (Å²) < 4.78 is 15.6. The first-order chi connectivity index (χ1) is 12.5. The number of rotatable bonds is 8. The standard InChI is InChI=1S/C18H19NO6S/c1-5-12(16(20)15-7-6-8-26-15)19-25-18(21)11-9-13(22-2)17(24-4)14(10-11)23-3/h5-10,19H,1-4H3/b12-5-. The average molecular weight is 377 g/mol. The number of methoxy groups -OCH3 is 3. The number of allylic oxidation sites excluding steroid dienone is 2. The Bertz CT molecular complexity index is 788. The van der Waals surface area contributed by atoms with Gasteiger partial charge in [-0.05, 0) is 30.5 Å². The molecule has 0 amide bonds. The monoisotopic (exact) mass is 377 g/mol. The molecule has 1 aromatic heterocycles. The predicted octanol–water partition coefficient (Wildman–Crippen LogP) is 3.22. The Kier molecular flexibility index (Phi) is 6.62. The second-order valence-corrected chi connectivity index (χ2v) is 5.86. The first kappa shape index (κ1) is 19.3. The van der Waals surface area contributed by atoms with Crippen LogP contribution >= 0.6 is 11.3 Å². The van der Waals surface area contributed by atoms with Crippen LogP contribution in [0.15, 0.2) is 41.4 Å². The Labute approximate surface area is 155 Å². The van der Waals surface area contributed by atoms with Crippen LogP contribution in [0.4, 0.5) is 0 Å². The van der Waals surface area contributed by atoms with Gasteiger partial charge in [0, 0.05) is 0 Å². The smallest absolute Gasteiger partial charge is 0.363 e. The molecular weight excluding hydrogens is 358 g/mol. The minimum atomic E-state index is -0.706. The number of nitrogens with one attached hydrogen (secondary N) is 1. The molecule has 1 N–H and O–H groups in total. The van der Waals surface area contributed by atoms with Gasteiger partial charge in [-0.25, -0.2) is 10.3 Å². The maximum Gasteiger partial charge on any atom is 0.363 e. The van der Waals surface area contributed by atoms with Gasteiger partial charge in [0.05, 0.1) is 31.8 Å². The van der Waals surface area contributed by atoms with E-state index in [4.69, 9.17) is 19.0 Å². The normalized spacial score (nSPS) is 10.8. The Morgan fingerprint density at radius 2 is 1.73 bits per heavy atom. The first-order valence-electron chi connectivity index (χ1n) is 7.57. The molecule has 0 fully saturated rings. The van der Waals surface area contributed by atoms with Gasteiger partial charge in [0.15, 0.2) is 11.5 Å². The van der Waals surface area contributed by atoms with Gasteiger partial charge in [-0.3, -0.25) is 4.79 Å². The van der Waals surface area contributed by atoms with Gasteiger partial charge in [-0.1, -0.05) is 12.1 Å². The number of hydrogen-bond acceptors (Lipinski definition) is 8. The molecule has 0 saturated heterocycles. The molecule has 0 aliphatic heterocycles. The summed E-state index contributed by atoms with van der Waals surface area (Å²) in [5.41, 5.74) is 2.75. The van der Waals surface area contributed by atoms with Crippen LogP contribution < -0.4 is 19.7 Å². The predicted molar refractivity (Wildman–Crippen MR) is 97.1 cm³/mol. The lowest BCUT2D eigenvalue weighted by Gasteiger charge is -2.14. The van der Waals surface area contributed by atoms with Crippen molar-refractivity contribution in [3.8, 4) is 17.2 Å². The number of hydrogen-bond donors (Lipinski definition) is 1. The zero-order chi connectivity index (χ0) is 19.1. The lowest BCUT2D eigenvalue weighted by molar-refractivity contribution is 0.0319. The molecule has 8 heteroatoms. The number of ether oxygens (including phenoxy) is 3. The Hall–Kier alpha value is -3.00. The highest BCUT2D eigenvalue weighted by atomic mass is 32.1. The summed E-state index contributed by atoms with van der Waals surface area (Å²) in [6.45, 7) is 1.67. The quantitative estimate of drug-likeness (QED) is 0.430. The van der Waals surface area contributed by atoms with Gasteiger partial charge < -0.3 is 19.0 Å². The number of thiophene rings is 1. The van der Waals surface area contributed by atoms with Gasteiger partial charge in [0.25, 0.3) is 0 Å². The molecule has 138 valence electrons. The number of carbonyl (C=O) groups excluding carboxylic acids is 2. The largest absolute Gasteiger partial charge is 0.493 e. The minimum Gasteiger partial charge on any atom is -0.493 e. The van der Waals surface area contributed by atoms with Crippen LogP contribution in [-0.2, 0) is 4.84 Å². The van der Waals surface area contributed by atoms with Crippen molar-refractivity contribution in [3.63, 3.8) is 0 Å². The van der Waals surface area contributed by atoms with E-state index in [1.165, 1.54) is 50.9 Å². The fraction of sp³-hybridized carbons (Fsp3) is 0.222. The van der Waals surface area contributed by atoms with E-state index in [1.54, 1.807) is 24.4 Å². The van der Waals surface area contributed by atoms with Crippen LogP contribution in [0.3, 0.4) is 0 Å². The van der Waals surface area contributed by atoms with E-state index in [2.05, 4.69) is 5.48 Å². The topological polar surface area (TPSA) is 83.1 Å². The van der Waals surface area contributed by atoms with E-state index in [0.717, 1.165) is 0 Å². The van der Waals surface area contributed by atoms with Crippen molar-refractivity contribution >= 4 is 23.1 Å². The van der Waals surface area contributed by atoms with E-state index >= 15 is 0 Å². The van der Waals surface area contributed by atoms with Crippen molar-refractivity contribution in [2.24, 2.45) is 0 Å². The number of hydroxylamine groups is 1. The van der Waals surface area contributed by atoms with Crippen molar-refractivity contribution in [2.45, 2.75) is 6.92 Å². The second kappa shape index (κ2) is 8.91. The summed E-state index contributed by atoms with van der Waals surface area (Å²) in [6, 6.07) is 6.38. The maximum absolute atomic E-state index is 12.3. The van der Waals surface area contributed by atoms with Crippen LogP contribution in [0.5, 0.6) is 17.2 Å². The maximum atomic E-state index is 12.3. The third-order valence-electron chi connectivity index (χ3n) is 3.43. The zero-order valence-electron chi connectivity index (χ0n) is 14.8. The number of carbonyl (C=O) groups is 2. The number of Topliss-reactive ketones (excluding diaryl/α,β-unsaturated/α-hetero) is 1. The van der Waals surface area contributed by atoms with Crippen LogP contribution in [0, 0.1) is 0 Å². The van der Waals surface area contributed by atoms with Gasteiger partial charge >= 0.3 is 5.97 Å². The van der Waals surface area contributed by atoms with Gasteiger partial charge in [-0.2, -0.15) is 0 Å². The SMILES string of the molecule is C/C=C(\NOC(=O)c1cc(OC)c(OC)c(OC)c1)C(=O)c1cccs1. The van der Waals surface area contributed by atoms with Gasteiger partial charge in [-0.15, -0.1) is 11.3 Å². The highest BCUT2D eigenvalue weighted by molar-refractivity contribution is 7.12. The van der Waals surface area contributed by atoms with Gasteiger partial charge in [0.2, 0.25) is 11.5 Å². The summed E-state index contributed by atoms with van der Waals surface area (Å²) in [6.07, 6.45) is 1.53. The molecule has 0 aliphatic carbocycles. The average Bonchev–Trinajstić information content (AvgIpc) is 3.21. The molecule has 26 heavy (non-hydrogen) atoms.